The van der Waals surface area contributed by atoms with Gasteiger partial charge in [-0.25, -0.2) is 0 Å². The van der Waals surface area contributed by atoms with E-state index in [9.17, 15) is 0 Å². The van der Waals surface area contributed by atoms with Crippen molar-refractivity contribution in [2.24, 2.45) is 0 Å². The summed E-state index contributed by atoms with van der Waals surface area (Å²) in [6, 6.07) is 52.5. The highest BCUT2D eigenvalue weighted by Crippen LogP contribution is 2.54. The van der Waals surface area contributed by atoms with Crippen molar-refractivity contribution in [2.45, 2.75) is 19.3 Å². The molecule has 0 unspecified atom stereocenters. The number of rotatable bonds is 4. The zero-order valence-corrected chi connectivity index (χ0v) is 24.7. The fraction of sp³-hybridized carbons (Fsp3) is 0.0769. The highest BCUT2D eigenvalue weighted by Gasteiger charge is 2.42. The van der Waals surface area contributed by atoms with Gasteiger partial charge in [-0.1, -0.05) is 135 Å². The van der Waals surface area contributed by atoms with Crippen LogP contribution in [0.5, 0.6) is 23.0 Å². The Bertz CT molecular complexity index is 1850. The summed E-state index contributed by atoms with van der Waals surface area (Å²) in [7, 11) is -2.67. The smallest absolute Gasteiger partial charge is 0.179 e. The molecule has 0 saturated carbocycles. The average Bonchev–Trinajstić information content (AvgIpc) is 3.26. The van der Waals surface area contributed by atoms with Gasteiger partial charge in [0.25, 0.3) is 0 Å². The minimum absolute atomic E-state index is 0.0965. The van der Waals surface area contributed by atoms with Gasteiger partial charge in [-0.15, -0.1) is 0 Å². The SMILES string of the molecule is CC1(C)c2ccccc2-c2cc3c(cc21)Oc1ccc([Si](c2ccccc2)(c2ccccc2)c2ccccc2)cc1O3. The lowest BCUT2D eigenvalue weighted by molar-refractivity contribution is 0.359. The van der Waals surface area contributed by atoms with Crippen LogP contribution in [-0.4, -0.2) is 8.07 Å². The maximum absolute atomic E-state index is 6.73. The van der Waals surface area contributed by atoms with Crippen molar-refractivity contribution < 1.29 is 9.47 Å². The second-order valence-corrected chi connectivity index (χ2v) is 15.5. The second-order valence-electron chi connectivity index (χ2n) is 11.7. The summed E-state index contributed by atoms with van der Waals surface area (Å²) in [5.41, 5.74) is 5.01. The van der Waals surface area contributed by atoms with Crippen molar-refractivity contribution in [1.29, 1.82) is 0 Å². The molecular formula is C39H30O2Si. The standard InChI is InChI=1S/C39H30O2Si/c1-39(2)33-21-13-12-20-31(33)32-25-37-38(26-34(32)39)40-35-23-22-30(24-36(35)41-37)42(27-14-6-3-7-15-27,28-16-8-4-9-17-28)29-18-10-5-11-19-29/h3-26H,1-2H3. The lowest BCUT2D eigenvalue weighted by Crippen LogP contribution is -2.74. The Kier molecular flexibility index (Phi) is 5.53. The third-order valence-electron chi connectivity index (χ3n) is 9.08. The quantitative estimate of drug-likeness (QED) is 0.167. The van der Waals surface area contributed by atoms with Crippen LogP contribution in [0.15, 0.2) is 146 Å². The van der Waals surface area contributed by atoms with Crippen molar-refractivity contribution in [2.75, 3.05) is 0 Å². The van der Waals surface area contributed by atoms with Gasteiger partial charge in [0.05, 0.1) is 0 Å². The fourth-order valence-electron chi connectivity index (χ4n) is 7.07. The lowest BCUT2D eigenvalue weighted by Gasteiger charge is -2.35. The highest BCUT2D eigenvalue weighted by molar-refractivity contribution is 7.19. The van der Waals surface area contributed by atoms with Gasteiger partial charge in [-0.3, -0.25) is 0 Å². The van der Waals surface area contributed by atoms with Gasteiger partial charge in [0.2, 0.25) is 0 Å². The van der Waals surface area contributed by atoms with Crippen molar-refractivity contribution >= 4 is 28.8 Å². The lowest BCUT2D eigenvalue weighted by atomic mass is 9.82. The predicted molar refractivity (Wildman–Crippen MR) is 174 cm³/mol. The van der Waals surface area contributed by atoms with E-state index in [-0.39, 0.29) is 5.41 Å². The van der Waals surface area contributed by atoms with E-state index in [4.69, 9.17) is 9.47 Å². The van der Waals surface area contributed by atoms with Crippen molar-refractivity contribution in [3.8, 4) is 34.1 Å². The molecule has 0 saturated heterocycles. The van der Waals surface area contributed by atoms with Gasteiger partial charge in [-0.05, 0) is 67.3 Å². The van der Waals surface area contributed by atoms with Crippen LogP contribution in [-0.2, 0) is 5.41 Å². The summed E-state index contributed by atoms with van der Waals surface area (Å²) in [6.07, 6.45) is 0. The molecule has 2 aliphatic rings. The predicted octanol–water partition coefficient (Wildman–Crippen LogP) is 7.27. The normalized spacial score (nSPS) is 14.0. The molecule has 0 atom stereocenters. The topological polar surface area (TPSA) is 18.5 Å². The van der Waals surface area contributed by atoms with Crippen LogP contribution in [0.3, 0.4) is 0 Å². The Morgan fingerprint density at radius 3 is 1.52 bits per heavy atom. The molecule has 0 spiro atoms. The third kappa shape index (κ3) is 3.57. The molecule has 0 aromatic heterocycles. The first-order valence-corrected chi connectivity index (χ1v) is 16.5. The van der Waals surface area contributed by atoms with E-state index in [2.05, 4.69) is 159 Å². The minimum Gasteiger partial charge on any atom is -0.450 e. The first kappa shape index (κ1) is 24.9. The Hall–Kier alpha value is -4.86. The van der Waals surface area contributed by atoms with Crippen LogP contribution < -0.4 is 30.2 Å². The molecule has 0 fully saturated rings. The van der Waals surface area contributed by atoms with Crippen LogP contribution >= 0.6 is 0 Å². The molecule has 0 bridgehead atoms. The van der Waals surface area contributed by atoms with E-state index in [1.54, 1.807) is 0 Å². The molecule has 202 valence electrons. The van der Waals surface area contributed by atoms with E-state index in [0.717, 1.165) is 23.0 Å². The number of ether oxygens (including phenoxy) is 2. The van der Waals surface area contributed by atoms with E-state index < -0.39 is 8.07 Å². The number of benzene rings is 6. The number of hydrogen-bond acceptors (Lipinski definition) is 2. The molecule has 0 radical (unpaired) electrons. The zero-order valence-electron chi connectivity index (χ0n) is 23.7. The van der Waals surface area contributed by atoms with Crippen molar-refractivity contribution in [3.63, 3.8) is 0 Å². The van der Waals surface area contributed by atoms with Crippen LogP contribution in [0.1, 0.15) is 25.0 Å². The van der Waals surface area contributed by atoms with Gasteiger partial charge < -0.3 is 9.47 Å². The van der Waals surface area contributed by atoms with Crippen LogP contribution in [0.2, 0.25) is 0 Å². The van der Waals surface area contributed by atoms with Crippen molar-refractivity contribution in [1.82, 2.24) is 0 Å². The van der Waals surface area contributed by atoms with Gasteiger partial charge in [0, 0.05) is 5.41 Å². The summed E-state index contributed by atoms with van der Waals surface area (Å²) < 4.78 is 13.3. The molecular weight excluding hydrogens is 529 g/mol. The third-order valence-corrected chi connectivity index (χ3v) is 13.9. The summed E-state index contributed by atoms with van der Waals surface area (Å²) in [6.45, 7) is 4.57. The molecule has 0 N–H and O–H groups in total. The van der Waals surface area contributed by atoms with Gasteiger partial charge in [0.1, 0.15) is 0 Å². The van der Waals surface area contributed by atoms with Crippen molar-refractivity contribution in [3.05, 3.63) is 157 Å². The largest absolute Gasteiger partial charge is 0.450 e. The molecule has 6 aromatic rings. The second kappa shape index (κ2) is 9.33. The minimum atomic E-state index is -2.67. The van der Waals surface area contributed by atoms with Gasteiger partial charge in [0.15, 0.2) is 31.1 Å². The van der Waals surface area contributed by atoms with Crippen LogP contribution in [0.25, 0.3) is 11.1 Å². The maximum atomic E-state index is 6.73. The monoisotopic (exact) mass is 558 g/mol. The number of fused-ring (bicyclic) bond motifs is 5. The molecule has 42 heavy (non-hydrogen) atoms. The van der Waals surface area contributed by atoms with E-state index in [0.29, 0.717) is 0 Å². The van der Waals surface area contributed by atoms with E-state index in [1.165, 1.54) is 43.0 Å². The first-order valence-electron chi connectivity index (χ1n) is 14.5. The molecule has 1 aliphatic carbocycles. The van der Waals surface area contributed by atoms with Crippen LogP contribution in [0.4, 0.5) is 0 Å². The summed E-state index contributed by atoms with van der Waals surface area (Å²) in [5, 5.41) is 5.24. The molecule has 0 amide bonds. The van der Waals surface area contributed by atoms with Gasteiger partial charge >= 0.3 is 0 Å². The Morgan fingerprint density at radius 1 is 0.405 bits per heavy atom. The Balaban J connectivity index is 1.31. The molecule has 1 aliphatic heterocycles. The summed E-state index contributed by atoms with van der Waals surface area (Å²) >= 11 is 0. The molecule has 2 nitrogen and oxygen atoms in total. The van der Waals surface area contributed by atoms with E-state index >= 15 is 0 Å². The highest BCUT2D eigenvalue weighted by atomic mass is 28.3. The summed E-state index contributed by atoms with van der Waals surface area (Å²) in [5.74, 6) is 3.03. The van der Waals surface area contributed by atoms with E-state index in [1.807, 2.05) is 0 Å². The number of hydrogen-bond donors (Lipinski definition) is 0. The molecule has 6 aromatic carbocycles. The Morgan fingerprint density at radius 2 is 0.905 bits per heavy atom. The van der Waals surface area contributed by atoms with Gasteiger partial charge in [-0.2, -0.15) is 0 Å². The fourth-order valence-corrected chi connectivity index (χ4v) is 11.8. The first-order chi connectivity index (χ1) is 20.6. The Labute approximate surface area is 247 Å². The zero-order chi connectivity index (χ0) is 28.3. The summed E-state index contributed by atoms with van der Waals surface area (Å²) in [4.78, 5) is 0. The molecule has 1 heterocycles. The molecule has 8 rings (SSSR count). The maximum Gasteiger partial charge on any atom is 0.179 e. The van der Waals surface area contributed by atoms with Crippen LogP contribution in [0, 0.1) is 0 Å². The molecule has 3 heteroatoms. The average molecular weight is 559 g/mol.